The van der Waals surface area contributed by atoms with E-state index in [1.165, 1.54) is 0 Å². The molecule has 0 saturated heterocycles. The van der Waals surface area contributed by atoms with Crippen molar-refractivity contribution in [1.82, 2.24) is 15.2 Å². The Hall–Kier alpha value is -4.38. The van der Waals surface area contributed by atoms with Gasteiger partial charge in [0.15, 0.2) is 5.84 Å². The van der Waals surface area contributed by atoms with Gasteiger partial charge in [-0.15, -0.1) is 6.42 Å². The number of ether oxygens (including phenoxy) is 1. The molecule has 1 aliphatic heterocycles. The van der Waals surface area contributed by atoms with Crippen molar-refractivity contribution in [3.05, 3.63) is 71.6 Å². The second-order valence-electron chi connectivity index (χ2n) is 9.45. The topological polar surface area (TPSA) is 97.1 Å². The molecule has 2 N–H and O–H groups in total. The molecule has 1 aromatic carbocycles. The second kappa shape index (κ2) is 12.0. The molecular formula is C29H33N5O3. The molecule has 2 heterocycles. The van der Waals surface area contributed by atoms with E-state index in [-0.39, 0.29) is 23.8 Å². The number of allylic oxidation sites excluding steroid dienone is 2. The zero-order valence-corrected chi connectivity index (χ0v) is 22.0. The molecule has 0 atom stereocenters. The molecule has 37 heavy (non-hydrogen) atoms. The molecule has 2 aromatic rings. The van der Waals surface area contributed by atoms with Crippen molar-refractivity contribution >= 4 is 34.8 Å². The molecule has 2 amide bonds. The highest BCUT2D eigenvalue weighted by Gasteiger charge is 2.16. The Bertz CT molecular complexity index is 1330. The molecule has 192 valence electrons. The van der Waals surface area contributed by atoms with Crippen LogP contribution in [0.1, 0.15) is 56.1 Å². The molecule has 8 nitrogen and oxygen atoms in total. The maximum atomic E-state index is 12.5. The molecule has 0 fully saturated rings. The Balaban J connectivity index is 1.67. The first-order valence-electron chi connectivity index (χ1n) is 12.0. The van der Waals surface area contributed by atoms with E-state index >= 15 is 0 Å². The minimum atomic E-state index is -0.476. The van der Waals surface area contributed by atoms with E-state index in [9.17, 15) is 9.59 Å². The fourth-order valence-corrected chi connectivity index (χ4v) is 3.55. The van der Waals surface area contributed by atoms with Gasteiger partial charge in [-0.3, -0.25) is 14.6 Å². The quantitative estimate of drug-likeness (QED) is 0.357. The summed E-state index contributed by atoms with van der Waals surface area (Å²) in [5.74, 6) is 2.37. The lowest BCUT2D eigenvalue weighted by molar-refractivity contribution is -0.118. The number of benzene rings is 1. The molecular weight excluding hydrogens is 466 g/mol. The largest absolute Gasteiger partial charge is 0.491 e. The molecule has 1 aromatic heterocycles. The first-order chi connectivity index (χ1) is 17.6. The van der Waals surface area contributed by atoms with Gasteiger partial charge >= 0.3 is 0 Å². The number of nitrogens with one attached hydrogen (secondary N) is 2. The summed E-state index contributed by atoms with van der Waals surface area (Å²) in [6.07, 6.45) is 12.9. The highest BCUT2D eigenvalue weighted by molar-refractivity contribution is 6.10. The lowest BCUT2D eigenvalue weighted by Gasteiger charge is -2.20. The lowest BCUT2D eigenvalue weighted by Crippen LogP contribution is -2.39. The van der Waals surface area contributed by atoms with Gasteiger partial charge in [0.25, 0.3) is 5.91 Å². The first-order valence-corrected chi connectivity index (χ1v) is 12.0. The van der Waals surface area contributed by atoms with Crippen LogP contribution < -0.4 is 10.6 Å². The summed E-state index contributed by atoms with van der Waals surface area (Å²) in [7, 11) is 0. The number of rotatable bonds is 6. The molecule has 1 aliphatic rings. The number of carbonyl (C=O) groups is 2. The Kier molecular flexibility index (Phi) is 8.86. The first kappa shape index (κ1) is 27.2. The molecule has 8 heteroatoms. The van der Waals surface area contributed by atoms with Gasteiger partial charge in [-0.05, 0) is 52.7 Å². The summed E-state index contributed by atoms with van der Waals surface area (Å²) in [5, 5.41) is 5.20. The third kappa shape index (κ3) is 7.55. The maximum Gasteiger partial charge on any atom is 0.253 e. The minimum Gasteiger partial charge on any atom is -0.491 e. The predicted octanol–water partition coefficient (Wildman–Crippen LogP) is 4.01. The number of hydrogen-bond donors (Lipinski definition) is 2. The molecule has 0 spiro atoms. The SMILES string of the molecule is C#C/C(=N\C(=C/C)c1cccc(C2=CC(C)=NCCO2)c1)NC(=O)CNC(=O)c1ccn(C(C)(C)C)c1. The van der Waals surface area contributed by atoms with Crippen LogP contribution in [0, 0.1) is 12.3 Å². The highest BCUT2D eigenvalue weighted by atomic mass is 16.5. The Morgan fingerprint density at radius 1 is 1.27 bits per heavy atom. The van der Waals surface area contributed by atoms with Gasteiger partial charge in [-0.1, -0.05) is 24.3 Å². The summed E-state index contributed by atoms with van der Waals surface area (Å²) in [6.45, 7) is 10.8. The third-order valence-corrected chi connectivity index (χ3v) is 5.53. The number of hydrogen-bond acceptors (Lipinski definition) is 5. The Morgan fingerprint density at radius 2 is 2.05 bits per heavy atom. The molecule has 0 saturated carbocycles. The minimum absolute atomic E-state index is 0.0459. The van der Waals surface area contributed by atoms with Gasteiger partial charge in [0, 0.05) is 40.8 Å². The average Bonchev–Trinajstić information content (AvgIpc) is 3.28. The van der Waals surface area contributed by atoms with Crippen LogP contribution in [-0.2, 0) is 15.1 Å². The van der Waals surface area contributed by atoms with Crippen LogP contribution in [0.25, 0.3) is 11.5 Å². The number of carbonyl (C=O) groups excluding carboxylic acids is 2. The van der Waals surface area contributed by atoms with Gasteiger partial charge in [-0.2, -0.15) is 0 Å². The number of aromatic nitrogens is 1. The van der Waals surface area contributed by atoms with Gasteiger partial charge in [0.1, 0.15) is 12.4 Å². The highest BCUT2D eigenvalue weighted by Crippen LogP contribution is 2.23. The van der Waals surface area contributed by atoms with Crippen LogP contribution in [-0.4, -0.2) is 47.6 Å². The van der Waals surface area contributed by atoms with E-state index in [4.69, 9.17) is 11.2 Å². The van der Waals surface area contributed by atoms with Crippen LogP contribution in [0.4, 0.5) is 0 Å². The lowest BCUT2D eigenvalue weighted by atomic mass is 10.1. The maximum absolute atomic E-state index is 12.5. The number of amidine groups is 1. The number of nitrogens with zero attached hydrogens (tertiary/aromatic N) is 3. The van der Waals surface area contributed by atoms with Crippen LogP contribution in [0.15, 0.2) is 64.9 Å². The smallest absolute Gasteiger partial charge is 0.253 e. The third-order valence-electron chi connectivity index (χ3n) is 5.53. The monoisotopic (exact) mass is 499 g/mol. The number of aliphatic imine (C=N–C) groups is 2. The summed E-state index contributed by atoms with van der Waals surface area (Å²) < 4.78 is 7.78. The van der Waals surface area contributed by atoms with E-state index in [2.05, 4.69) is 26.5 Å². The van der Waals surface area contributed by atoms with Gasteiger partial charge in [0.05, 0.1) is 24.4 Å². The van der Waals surface area contributed by atoms with Crippen molar-refractivity contribution in [2.45, 2.75) is 40.2 Å². The normalized spacial score (nSPS) is 14.5. The van der Waals surface area contributed by atoms with Crippen molar-refractivity contribution in [3.63, 3.8) is 0 Å². The van der Waals surface area contributed by atoms with Gasteiger partial charge in [0.2, 0.25) is 5.91 Å². The summed E-state index contributed by atoms with van der Waals surface area (Å²) >= 11 is 0. The summed E-state index contributed by atoms with van der Waals surface area (Å²) in [5.41, 5.74) is 3.50. The fraction of sp³-hybridized carbons (Fsp3) is 0.310. The van der Waals surface area contributed by atoms with Crippen molar-refractivity contribution < 1.29 is 14.3 Å². The van der Waals surface area contributed by atoms with Crippen molar-refractivity contribution in [2.75, 3.05) is 19.7 Å². The van der Waals surface area contributed by atoms with Crippen LogP contribution in [0.2, 0.25) is 0 Å². The molecule has 0 unspecified atom stereocenters. The molecule has 0 aliphatic carbocycles. The summed E-state index contributed by atoms with van der Waals surface area (Å²) in [4.78, 5) is 33.8. The second-order valence-corrected chi connectivity index (χ2v) is 9.45. The van der Waals surface area contributed by atoms with E-state index in [1.54, 1.807) is 18.3 Å². The van der Waals surface area contributed by atoms with E-state index in [0.29, 0.717) is 24.4 Å². The zero-order chi connectivity index (χ0) is 27.0. The molecule has 0 bridgehead atoms. The van der Waals surface area contributed by atoms with Crippen molar-refractivity contribution in [2.24, 2.45) is 9.98 Å². The number of amides is 2. The fourth-order valence-electron chi connectivity index (χ4n) is 3.55. The van der Waals surface area contributed by atoms with Gasteiger partial charge in [-0.25, -0.2) is 4.99 Å². The Labute approximate surface area is 218 Å². The number of terminal acetylenes is 1. The van der Waals surface area contributed by atoms with Crippen LogP contribution in [0.3, 0.4) is 0 Å². The van der Waals surface area contributed by atoms with Crippen molar-refractivity contribution in [1.29, 1.82) is 0 Å². The molecule has 3 rings (SSSR count). The average molecular weight is 500 g/mol. The summed E-state index contributed by atoms with van der Waals surface area (Å²) in [6, 6.07) is 9.42. The van der Waals surface area contributed by atoms with E-state index in [1.807, 2.05) is 75.7 Å². The zero-order valence-electron chi connectivity index (χ0n) is 22.0. The van der Waals surface area contributed by atoms with Crippen LogP contribution >= 0.6 is 0 Å². The predicted molar refractivity (Wildman–Crippen MR) is 148 cm³/mol. The van der Waals surface area contributed by atoms with Crippen LogP contribution in [0.5, 0.6) is 0 Å². The van der Waals surface area contributed by atoms with Crippen molar-refractivity contribution in [3.8, 4) is 12.3 Å². The standard InChI is InChI=1S/C29H33N5O3/c1-7-24(21-10-9-11-22(17-21)25-16-20(3)30-13-15-37-25)32-26(8-2)33-27(35)18-31-28(36)23-12-14-34(19-23)29(4,5)6/h2,7,9-12,14,16-17,19H,13,15,18H2,1,3-6H3,(H,31,36)(H,32,33,35)/b24-7-. The Morgan fingerprint density at radius 3 is 2.73 bits per heavy atom. The van der Waals surface area contributed by atoms with Gasteiger partial charge < -0.3 is 19.9 Å². The van der Waals surface area contributed by atoms with E-state index < -0.39 is 5.91 Å². The molecule has 0 radical (unpaired) electrons. The van der Waals surface area contributed by atoms with E-state index in [0.717, 1.165) is 22.6 Å².